The zero-order chi connectivity index (χ0) is 16.9. The number of hydrogen-bond acceptors (Lipinski definition) is 3. The molecular formula is C21H38N2O. The first-order valence-electron chi connectivity index (χ1n) is 10.6. The van der Waals surface area contributed by atoms with Gasteiger partial charge in [-0.2, -0.15) is 0 Å². The van der Waals surface area contributed by atoms with Crippen LogP contribution >= 0.6 is 0 Å². The van der Waals surface area contributed by atoms with Crippen molar-refractivity contribution in [1.29, 1.82) is 0 Å². The summed E-state index contributed by atoms with van der Waals surface area (Å²) in [5.41, 5.74) is 6.74. The number of hydrogen-bond donors (Lipinski definition) is 3. The van der Waals surface area contributed by atoms with Gasteiger partial charge in [0.1, 0.15) is 0 Å². The number of aliphatic hydroxyl groups excluding tert-OH is 1. The predicted molar refractivity (Wildman–Crippen MR) is 98.6 cm³/mol. The summed E-state index contributed by atoms with van der Waals surface area (Å²) in [6, 6.07) is 0.686. The lowest BCUT2D eigenvalue weighted by Crippen LogP contribution is -2.56. The van der Waals surface area contributed by atoms with Gasteiger partial charge in [0.15, 0.2) is 0 Å². The van der Waals surface area contributed by atoms with Gasteiger partial charge in [0, 0.05) is 19.1 Å². The second kappa shape index (κ2) is 6.25. The highest BCUT2D eigenvalue weighted by Crippen LogP contribution is 2.66. The van der Waals surface area contributed by atoms with Crippen molar-refractivity contribution in [2.75, 3.05) is 13.1 Å². The Morgan fingerprint density at radius 3 is 2.50 bits per heavy atom. The van der Waals surface area contributed by atoms with Crippen LogP contribution in [0.3, 0.4) is 0 Å². The molecule has 24 heavy (non-hydrogen) atoms. The molecule has 4 fully saturated rings. The molecule has 0 heterocycles. The van der Waals surface area contributed by atoms with Gasteiger partial charge in [-0.1, -0.05) is 13.8 Å². The number of nitrogens with one attached hydrogen (secondary N) is 1. The maximum Gasteiger partial charge on any atom is 0.0543 e. The molecule has 0 aromatic rings. The molecule has 0 saturated heterocycles. The van der Waals surface area contributed by atoms with Gasteiger partial charge in [-0.3, -0.25) is 0 Å². The van der Waals surface area contributed by atoms with E-state index in [-0.39, 0.29) is 6.10 Å². The number of rotatable bonds is 3. The van der Waals surface area contributed by atoms with Gasteiger partial charge in [-0.15, -0.1) is 0 Å². The third-order valence-corrected chi connectivity index (χ3v) is 9.17. The zero-order valence-corrected chi connectivity index (χ0v) is 15.8. The van der Waals surface area contributed by atoms with Crippen LogP contribution in [0.5, 0.6) is 0 Å². The quantitative estimate of drug-likeness (QED) is 0.742. The van der Waals surface area contributed by atoms with E-state index in [1.54, 1.807) is 0 Å². The summed E-state index contributed by atoms with van der Waals surface area (Å²) in [4.78, 5) is 0. The highest BCUT2D eigenvalue weighted by atomic mass is 16.3. The molecule has 4 aliphatic carbocycles. The Labute approximate surface area is 148 Å². The molecule has 0 aromatic heterocycles. The third-order valence-electron chi connectivity index (χ3n) is 9.17. The molecule has 4 N–H and O–H groups in total. The summed E-state index contributed by atoms with van der Waals surface area (Å²) in [7, 11) is 0. The van der Waals surface area contributed by atoms with Crippen molar-refractivity contribution >= 4 is 0 Å². The topological polar surface area (TPSA) is 58.3 Å². The van der Waals surface area contributed by atoms with Crippen molar-refractivity contribution in [3.8, 4) is 0 Å². The Hall–Kier alpha value is -0.120. The van der Waals surface area contributed by atoms with Crippen molar-refractivity contribution in [1.82, 2.24) is 5.32 Å². The molecule has 4 rings (SSSR count). The molecule has 3 heteroatoms. The second-order valence-electron chi connectivity index (χ2n) is 10.0. The zero-order valence-electron chi connectivity index (χ0n) is 15.8. The first-order valence-corrected chi connectivity index (χ1v) is 10.6. The van der Waals surface area contributed by atoms with Crippen molar-refractivity contribution in [3.05, 3.63) is 0 Å². The Morgan fingerprint density at radius 2 is 1.71 bits per heavy atom. The molecule has 3 nitrogen and oxygen atoms in total. The Balaban J connectivity index is 1.54. The van der Waals surface area contributed by atoms with Gasteiger partial charge in [0.05, 0.1) is 6.10 Å². The standard InChI is InChI=1S/C21H38N2O/c1-20-9-7-15(24)13-14(20)3-4-16-17-5-6-19(23-12-11-22)21(17,2)10-8-18(16)20/h14-19,23-24H,3-13,22H2,1-2H3/t14-,15+,16-,17-,18-,19+,20-,21-/m0/s1. The first kappa shape index (κ1) is 17.3. The number of nitrogens with two attached hydrogens (primary N) is 1. The van der Waals surface area contributed by atoms with Crippen LogP contribution in [0, 0.1) is 34.5 Å². The lowest BCUT2D eigenvalue weighted by atomic mass is 9.45. The minimum atomic E-state index is -0.0233. The van der Waals surface area contributed by atoms with E-state index in [0.29, 0.717) is 16.9 Å². The smallest absolute Gasteiger partial charge is 0.0543 e. The molecule has 0 radical (unpaired) electrons. The van der Waals surface area contributed by atoms with Crippen LogP contribution < -0.4 is 11.1 Å². The van der Waals surface area contributed by atoms with Crippen LogP contribution in [0.1, 0.15) is 71.6 Å². The summed E-state index contributed by atoms with van der Waals surface area (Å²) in [6.45, 7) is 6.89. The molecule has 138 valence electrons. The van der Waals surface area contributed by atoms with E-state index in [9.17, 15) is 5.11 Å². The van der Waals surface area contributed by atoms with Crippen molar-refractivity contribution in [3.63, 3.8) is 0 Å². The van der Waals surface area contributed by atoms with Crippen molar-refractivity contribution in [2.24, 2.45) is 40.2 Å². The van der Waals surface area contributed by atoms with Crippen LogP contribution in [-0.2, 0) is 0 Å². The highest BCUT2D eigenvalue weighted by Gasteiger charge is 2.59. The van der Waals surface area contributed by atoms with Crippen LogP contribution in [0.15, 0.2) is 0 Å². The number of aliphatic hydroxyl groups is 1. The van der Waals surface area contributed by atoms with Crippen LogP contribution in [-0.4, -0.2) is 30.3 Å². The van der Waals surface area contributed by atoms with Gasteiger partial charge >= 0.3 is 0 Å². The van der Waals surface area contributed by atoms with Gasteiger partial charge in [0.25, 0.3) is 0 Å². The highest BCUT2D eigenvalue weighted by molar-refractivity contribution is 5.10. The average molecular weight is 335 g/mol. The van der Waals surface area contributed by atoms with Crippen molar-refractivity contribution < 1.29 is 5.11 Å². The number of fused-ring (bicyclic) bond motifs is 5. The molecular weight excluding hydrogens is 296 g/mol. The normalized spacial score (nSPS) is 54.0. The fourth-order valence-corrected chi connectivity index (χ4v) is 7.83. The minimum Gasteiger partial charge on any atom is -0.393 e. The Kier molecular flexibility index (Phi) is 4.50. The van der Waals surface area contributed by atoms with Gasteiger partial charge < -0.3 is 16.2 Å². The van der Waals surface area contributed by atoms with Crippen LogP contribution in [0.25, 0.3) is 0 Å². The monoisotopic (exact) mass is 334 g/mol. The Bertz CT molecular complexity index is 469. The summed E-state index contributed by atoms with van der Waals surface area (Å²) in [5.74, 6) is 3.54. The summed E-state index contributed by atoms with van der Waals surface area (Å²) < 4.78 is 0. The molecule has 0 aromatic carbocycles. The molecule has 0 amide bonds. The Morgan fingerprint density at radius 1 is 0.958 bits per heavy atom. The molecule has 0 unspecified atom stereocenters. The minimum absolute atomic E-state index is 0.0233. The molecule has 4 aliphatic rings. The fraction of sp³-hybridized carbons (Fsp3) is 1.00. The van der Waals surface area contributed by atoms with Gasteiger partial charge in [-0.25, -0.2) is 0 Å². The van der Waals surface area contributed by atoms with E-state index >= 15 is 0 Å². The summed E-state index contributed by atoms with van der Waals surface area (Å²) in [6.07, 6.45) is 11.7. The maximum atomic E-state index is 10.1. The SMILES string of the molecule is C[C@]12CC[C@@H](O)C[C@@H]1CC[C@@H]1[C@@H]2CC[C@]2(C)[C@H](NCCN)CC[C@@H]12. The van der Waals surface area contributed by atoms with E-state index in [1.807, 2.05) is 0 Å². The van der Waals surface area contributed by atoms with E-state index in [4.69, 9.17) is 5.73 Å². The van der Waals surface area contributed by atoms with Crippen LogP contribution in [0.2, 0.25) is 0 Å². The largest absolute Gasteiger partial charge is 0.393 e. The van der Waals surface area contributed by atoms with Crippen LogP contribution in [0.4, 0.5) is 0 Å². The van der Waals surface area contributed by atoms with E-state index < -0.39 is 0 Å². The molecule has 0 spiro atoms. The molecule has 0 aliphatic heterocycles. The molecule has 4 saturated carbocycles. The summed E-state index contributed by atoms with van der Waals surface area (Å²) in [5, 5.41) is 13.9. The van der Waals surface area contributed by atoms with Crippen molar-refractivity contribution in [2.45, 2.75) is 83.8 Å². The van der Waals surface area contributed by atoms with E-state index in [0.717, 1.165) is 49.6 Å². The molecule has 0 bridgehead atoms. The average Bonchev–Trinajstić information content (AvgIpc) is 2.90. The lowest BCUT2D eigenvalue weighted by molar-refractivity contribution is -0.123. The van der Waals surface area contributed by atoms with E-state index in [2.05, 4.69) is 19.2 Å². The van der Waals surface area contributed by atoms with Gasteiger partial charge in [-0.05, 0) is 92.3 Å². The predicted octanol–water partition coefficient (Wildman–Crippen LogP) is 3.31. The van der Waals surface area contributed by atoms with E-state index in [1.165, 1.54) is 44.9 Å². The molecule has 8 atom stereocenters. The fourth-order valence-electron chi connectivity index (χ4n) is 7.83. The summed E-state index contributed by atoms with van der Waals surface area (Å²) >= 11 is 0. The van der Waals surface area contributed by atoms with Gasteiger partial charge in [0.2, 0.25) is 0 Å². The first-order chi connectivity index (χ1) is 11.5. The third kappa shape index (κ3) is 2.49. The second-order valence-corrected chi connectivity index (χ2v) is 10.0. The maximum absolute atomic E-state index is 10.1. The lowest BCUT2D eigenvalue weighted by Gasteiger charge is -2.61.